The van der Waals surface area contributed by atoms with Crippen LogP contribution in [0.4, 0.5) is 4.79 Å². The van der Waals surface area contributed by atoms with Crippen molar-refractivity contribution in [2.45, 2.75) is 56.9 Å². The fraction of sp³-hybridized carbons (Fsp3) is 0.929. The van der Waals surface area contributed by atoms with E-state index in [-0.39, 0.29) is 12.1 Å². The molecule has 0 aromatic carbocycles. The summed E-state index contributed by atoms with van der Waals surface area (Å²) in [7, 11) is 1.38. The van der Waals surface area contributed by atoms with Gasteiger partial charge >= 0.3 is 6.09 Å². The van der Waals surface area contributed by atoms with Crippen LogP contribution in [0.5, 0.6) is 0 Å². The molecule has 2 fully saturated rings. The zero-order chi connectivity index (χ0) is 14.8. The third-order valence-electron chi connectivity index (χ3n) is 4.47. The summed E-state index contributed by atoms with van der Waals surface area (Å²) in [6.07, 6.45) is 3.03. The Morgan fingerprint density at radius 3 is 2.55 bits per heavy atom. The quantitative estimate of drug-likeness (QED) is 0.650. The minimum absolute atomic E-state index is 0.112. The molecule has 1 heterocycles. The third kappa shape index (κ3) is 4.07. The minimum atomic E-state index is -1.48. The normalized spacial score (nSPS) is 31.8. The molecule has 2 rings (SSSR count). The predicted octanol–water partition coefficient (Wildman–Crippen LogP) is 0.676. The summed E-state index contributed by atoms with van der Waals surface area (Å²) in [5, 5.41) is 22.1. The Balaban J connectivity index is 1.89. The van der Waals surface area contributed by atoms with Crippen molar-refractivity contribution in [1.82, 2.24) is 10.2 Å². The maximum Gasteiger partial charge on any atom is 0.407 e. The largest absolute Gasteiger partial charge is 0.453 e. The van der Waals surface area contributed by atoms with Gasteiger partial charge in [0.1, 0.15) is 0 Å². The van der Waals surface area contributed by atoms with Gasteiger partial charge in [0.25, 0.3) is 0 Å². The van der Waals surface area contributed by atoms with E-state index < -0.39 is 5.79 Å². The Kier molecular flexibility index (Phi) is 4.88. The Hall–Kier alpha value is -0.850. The van der Waals surface area contributed by atoms with Crippen LogP contribution in [0, 0.1) is 5.92 Å². The first-order valence-electron chi connectivity index (χ1n) is 7.43. The SMILES string of the molecule is COC(=O)NC1CC(C)CN(C2CCC(O)(O)CC2)C1. The summed E-state index contributed by atoms with van der Waals surface area (Å²) in [6, 6.07) is 0.494. The summed E-state index contributed by atoms with van der Waals surface area (Å²) < 4.78 is 4.66. The molecule has 116 valence electrons. The highest BCUT2D eigenvalue weighted by molar-refractivity contribution is 5.67. The van der Waals surface area contributed by atoms with E-state index in [1.165, 1.54) is 7.11 Å². The Morgan fingerprint density at radius 2 is 1.95 bits per heavy atom. The van der Waals surface area contributed by atoms with E-state index in [4.69, 9.17) is 0 Å². The summed E-state index contributed by atoms with van der Waals surface area (Å²) >= 11 is 0. The number of alkyl carbamates (subject to hydrolysis) is 1. The first-order chi connectivity index (χ1) is 9.39. The van der Waals surface area contributed by atoms with Gasteiger partial charge in [-0.15, -0.1) is 0 Å². The zero-order valence-corrected chi connectivity index (χ0v) is 12.3. The number of nitrogens with zero attached hydrogens (tertiary/aromatic N) is 1. The number of rotatable bonds is 2. The average Bonchev–Trinajstić information content (AvgIpc) is 2.37. The molecule has 0 aromatic rings. The zero-order valence-electron chi connectivity index (χ0n) is 12.3. The van der Waals surface area contributed by atoms with Crippen molar-refractivity contribution in [3.8, 4) is 0 Å². The van der Waals surface area contributed by atoms with Crippen molar-refractivity contribution in [2.24, 2.45) is 5.92 Å². The molecule has 20 heavy (non-hydrogen) atoms. The Bertz CT molecular complexity index is 338. The smallest absolute Gasteiger partial charge is 0.407 e. The maximum atomic E-state index is 11.3. The molecule has 0 bridgehead atoms. The van der Waals surface area contributed by atoms with Gasteiger partial charge in [0.15, 0.2) is 5.79 Å². The van der Waals surface area contributed by atoms with E-state index in [2.05, 4.69) is 21.9 Å². The highest BCUT2D eigenvalue weighted by Gasteiger charge is 2.36. The standard InChI is InChI=1S/C14H26N2O4/c1-10-7-11(15-13(17)20-2)9-16(8-10)12-3-5-14(18,19)6-4-12/h10-12,18-19H,3-9H2,1-2H3,(H,15,17). The molecule has 1 aliphatic heterocycles. The number of carbonyl (C=O) groups excluding carboxylic acids is 1. The van der Waals surface area contributed by atoms with Gasteiger partial charge in [0.05, 0.1) is 7.11 Å². The lowest BCUT2D eigenvalue weighted by molar-refractivity contribution is -0.188. The van der Waals surface area contributed by atoms with E-state index in [9.17, 15) is 15.0 Å². The first kappa shape index (κ1) is 15.5. The molecular formula is C14H26N2O4. The van der Waals surface area contributed by atoms with Crippen molar-refractivity contribution in [3.63, 3.8) is 0 Å². The number of methoxy groups -OCH3 is 1. The fourth-order valence-electron chi connectivity index (χ4n) is 3.45. The molecule has 2 aliphatic rings. The maximum absolute atomic E-state index is 11.3. The van der Waals surface area contributed by atoms with Crippen molar-refractivity contribution < 1.29 is 19.7 Å². The van der Waals surface area contributed by atoms with Gasteiger partial charge in [0, 0.05) is 38.0 Å². The van der Waals surface area contributed by atoms with Crippen molar-refractivity contribution in [3.05, 3.63) is 0 Å². The number of hydrogen-bond acceptors (Lipinski definition) is 5. The monoisotopic (exact) mass is 286 g/mol. The van der Waals surface area contributed by atoms with Gasteiger partial charge < -0.3 is 20.3 Å². The lowest BCUT2D eigenvalue weighted by Gasteiger charge is -2.44. The Labute approximate surface area is 120 Å². The highest BCUT2D eigenvalue weighted by atomic mass is 16.5. The third-order valence-corrected chi connectivity index (χ3v) is 4.47. The molecule has 1 aliphatic carbocycles. The molecule has 0 radical (unpaired) electrons. The number of aliphatic hydroxyl groups is 2. The summed E-state index contributed by atoms with van der Waals surface area (Å²) in [6.45, 7) is 4.01. The van der Waals surface area contributed by atoms with Crippen LogP contribution in [0.3, 0.4) is 0 Å². The number of nitrogens with one attached hydrogen (secondary N) is 1. The van der Waals surface area contributed by atoms with Crippen molar-refractivity contribution >= 4 is 6.09 Å². The molecular weight excluding hydrogens is 260 g/mol. The summed E-state index contributed by atoms with van der Waals surface area (Å²) in [5.41, 5.74) is 0. The summed E-state index contributed by atoms with van der Waals surface area (Å²) in [4.78, 5) is 13.7. The van der Waals surface area contributed by atoms with Crippen molar-refractivity contribution in [1.29, 1.82) is 0 Å². The topological polar surface area (TPSA) is 82.0 Å². The number of carbonyl (C=O) groups is 1. The van der Waals surface area contributed by atoms with E-state index in [0.717, 1.165) is 32.4 Å². The highest BCUT2D eigenvalue weighted by Crippen LogP contribution is 2.31. The molecule has 3 N–H and O–H groups in total. The van der Waals surface area contributed by atoms with E-state index in [1.807, 2.05) is 0 Å². The summed E-state index contributed by atoms with van der Waals surface area (Å²) in [5.74, 6) is -0.970. The van der Waals surface area contributed by atoms with E-state index in [1.54, 1.807) is 0 Å². The number of likely N-dealkylation sites (tertiary alicyclic amines) is 1. The van der Waals surface area contributed by atoms with Gasteiger partial charge in [-0.3, -0.25) is 4.90 Å². The van der Waals surface area contributed by atoms with Crippen LogP contribution < -0.4 is 5.32 Å². The van der Waals surface area contributed by atoms with Gasteiger partial charge in [-0.05, 0) is 25.2 Å². The molecule has 0 aromatic heterocycles. The second-order valence-corrected chi connectivity index (χ2v) is 6.34. The number of ether oxygens (including phenoxy) is 1. The van der Waals surface area contributed by atoms with Crippen LogP contribution in [0.25, 0.3) is 0 Å². The van der Waals surface area contributed by atoms with Crippen LogP contribution in [-0.2, 0) is 4.74 Å². The second kappa shape index (κ2) is 6.28. The van der Waals surface area contributed by atoms with Gasteiger partial charge in [-0.2, -0.15) is 0 Å². The van der Waals surface area contributed by atoms with Crippen LogP contribution in [0.2, 0.25) is 0 Å². The molecule has 2 atom stereocenters. The number of amides is 1. The van der Waals surface area contributed by atoms with Gasteiger partial charge in [-0.1, -0.05) is 6.92 Å². The molecule has 1 saturated carbocycles. The van der Waals surface area contributed by atoms with Crippen LogP contribution in [0.1, 0.15) is 39.0 Å². The number of piperidine rings is 1. The molecule has 6 heteroatoms. The number of hydrogen-bond donors (Lipinski definition) is 3. The molecule has 1 saturated heterocycles. The second-order valence-electron chi connectivity index (χ2n) is 6.34. The molecule has 2 unspecified atom stereocenters. The first-order valence-corrected chi connectivity index (χ1v) is 7.43. The van der Waals surface area contributed by atoms with Gasteiger partial charge in [-0.25, -0.2) is 4.79 Å². The lowest BCUT2D eigenvalue weighted by Crippen LogP contribution is -2.54. The van der Waals surface area contributed by atoms with Gasteiger partial charge in [0.2, 0.25) is 0 Å². The van der Waals surface area contributed by atoms with Crippen LogP contribution in [0.15, 0.2) is 0 Å². The molecule has 1 amide bonds. The average molecular weight is 286 g/mol. The van der Waals surface area contributed by atoms with Crippen LogP contribution >= 0.6 is 0 Å². The van der Waals surface area contributed by atoms with E-state index >= 15 is 0 Å². The fourth-order valence-corrected chi connectivity index (χ4v) is 3.45. The minimum Gasteiger partial charge on any atom is -0.453 e. The Morgan fingerprint density at radius 1 is 1.30 bits per heavy atom. The molecule has 6 nitrogen and oxygen atoms in total. The lowest BCUT2D eigenvalue weighted by atomic mass is 9.86. The predicted molar refractivity (Wildman–Crippen MR) is 74.1 cm³/mol. The van der Waals surface area contributed by atoms with Crippen molar-refractivity contribution in [2.75, 3.05) is 20.2 Å². The molecule has 0 spiro atoms. The van der Waals surface area contributed by atoms with E-state index in [0.29, 0.717) is 24.8 Å². The van der Waals surface area contributed by atoms with Crippen LogP contribution in [-0.4, -0.2) is 59.3 Å².